The van der Waals surface area contributed by atoms with Gasteiger partial charge in [-0.25, -0.2) is 4.39 Å². The van der Waals surface area contributed by atoms with E-state index in [2.05, 4.69) is 15.5 Å². The van der Waals surface area contributed by atoms with Crippen LogP contribution in [0.2, 0.25) is 0 Å². The summed E-state index contributed by atoms with van der Waals surface area (Å²) in [7, 11) is 3.25. The van der Waals surface area contributed by atoms with Crippen molar-refractivity contribution in [2.45, 2.75) is 24.9 Å². The fraction of sp³-hybridized carbons (Fsp3) is 0.588. The minimum absolute atomic E-state index is 0.116. The molecule has 2 aliphatic heterocycles. The maximum absolute atomic E-state index is 14.1. The number of rotatable bonds is 4. The smallest absolute Gasteiger partial charge is 0.256 e. The van der Waals surface area contributed by atoms with E-state index in [0.717, 1.165) is 31.9 Å². The van der Waals surface area contributed by atoms with Crippen molar-refractivity contribution in [3.63, 3.8) is 0 Å². The van der Waals surface area contributed by atoms with Crippen molar-refractivity contribution in [3.8, 4) is 0 Å². The van der Waals surface area contributed by atoms with Gasteiger partial charge in [0, 0.05) is 38.9 Å². The van der Waals surface area contributed by atoms with Crippen molar-refractivity contribution in [3.05, 3.63) is 29.6 Å². The van der Waals surface area contributed by atoms with Gasteiger partial charge in [0.25, 0.3) is 5.91 Å². The molecule has 0 atom stereocenters. The molecule has 2 aliphatic rings. The summed E-state index contributed by atoms with van der Waals surface area (Å²) in [6.45, 7) is 4.22. The van der Waals surface area contributed by atoms with E-state index in [1.54, 1.807) is 26.2 Å². The Bertz CT molecular complexity index is 566. The molecule has 0 bridgehead atoms. The third-order valence-electron chi connectivity index (χ3n) is 4.71. The van der Waals surface area contributed by atoms with Gasteiger partial charge in [-0.3, -0.25) is 9.69 Å². The van der Waals surface area contributed by atoms with E-state index in [-0.39, 0.29) is 11.5 Å². The number of carbonyl (C=O) groups excluding carboxylic acids is 1. The molecule has 2 N–H and O–H groups in total. The van der Waals surface area contributed by atoms with E-state index in [1.807, 2.05) is 0 Å². The lowest BCUT2D eigenvalue weighted by Crippen LogP contribution is -2.60. The summed E-state index contributed by atoms with van der Waals surface area (Å²) in [4.78, 5) is 15.7. The topological polar surface area (TPSA) is 47.6 Å². The predicted octanol–water partition coefficient (Wildman–Crippen LogP) is 1.38. The van der Waals surface area contributed by atoms with Gasteiger partial charge in [-0.2, -0.15) is 0 Å². The highest BCUT2D eigenvalue weighted by Gasteiger charge is 2.32. The first kappa shape index (κ1) is 16.2. The molecule has 0 aromatic heterocycles. The van der Waals surface area contributed by atoms with Crippen LogP contribution in [0.15, 0.2) is 18.2 Å². The zero-order valence-electron chi connectivity index (χ0n) is 13.8. The van der Waals surface area contributed by atoms with Crippen molar-refractivity contribution in [2.75, 3.05) is 45.6 Å². The first-order valence-electron chi connectivity index (χ1n) is 8.27. The number of halogens is 1. The number of likely N-dealkylation sites (tertiary alicyclic amines) is 1. The summed E-state index contributed by atoms with van der Waals surface area (Å²) < 4.78 is 14.1. The molecule has 0 spiro atoms. The number of nitrogens with one attached hydrogen (secondary N) is 2. The van der Waals surface area contributed by atoms with Crippen LogP contribution in [0.3, 0.4) is 0 Å². The molecule has 1 aromatic carbocycles. The number of carbonyl (C=O) groups is 1. The van der Waals surface area contributed by atoms with E-state index in [0.29, 0.717) is 12.1 Å². The lowest BCUT2D eigenvalue weighted by molar-refractivity contribution is 0.0821. The van der Waals surface area contributed by atoms with Crippen molar-refractivity contribution >= 4 is 11.6 Å². The highest BCUT2D eigenvalue weighted by molar-refractivity contribution is 5.94. The number of benzene rings is 1. The van der Waals surface area contributed by atoms with E-state index in [4.69, 9.17) is 0 Å². The molecular formula is C17H25FN4O. The normalized spacial score (nSPS) is 20.1. The van der Waals surface area contributed by atoms with Crippen LogP contribution < -0.4 is 10.6 Å². The molecule has 0 radical (unpaired) electrons. The van der Waals surface area contributed by atoms with Crippen molar-refractivity contribution in [2.24, 2.45) is 0 Å². The van der Waals surface area contributed by atoms with Gasteiger partial charge in [-0.15, -0.1) is 0 Å². The van der Waals surface area contributed by atoms with Crippen LogP contribution >= 0.6 is 0 Å². The summed E-state index contributed by atoms with van der Waals surface area (Å²) in [6.07, 6.45) is 2.42. The van der Waals surface area contributed by atoms with Gasteiger partial charge in [0.05, 0.1) is 11.6 Å². The molecule has 5 nitrogen and oxygen atoms in total. The third-order valence-corrected chi connectivity index (χ3v) is 4.71. The maximum Gasteiger partial charge on any atom is 0.256 e. The number of nitrogens with zero attached hydrogens (tertiary/aromatic N) is 2. The fourth-order valence-electron chi connectivity index (χ4n) is 3.33. The Morgan fingerprint density at radius 2 is 2.00 bits per heavy atom. The molecule has 3 rings (SSSR count). The SMILES string of the molecule is CN(C)C(=O)c1ccc(NC2CN(C3CCNCC3)C2)cc1F. The average Bonchev–Trinajstić information content (AvgIpc) is 2.50. The van der Waals surface area contributed by atoms with E-state index >= 15 is 0 Å². The molecule has 0 saturated carbocycles. The summed E-state index contributed by atoms with van der Waals surface area (Å²) in [5, 5.41) is 6.74. The monoisotopic (exact) mass is 320 g/mol. The number of anilines is 1. The van der Waals surface area contributed by atoms with Gasteiger partial charge < -0.3 is 15.5 Å². The van der Waals surface area contributed by atoms with Gasteiger partial charge in [0.2, 0.25) is 0 Å². The van der Waals surface area contributed by atoms with Crippen molar-refractivity contribution in [1.82, 2.24) is 15.1 Å². The third kappa shape index (κ3) is 3.64. The molecule has 1 amide bonds. The van der Waals surface area contributed by atoms with Crippen LogP contribution in [-0.2, 0) is 0 Å². The molecule has 6 heteroatoms. The van der Waals surface area contributed by atoms with E-state index < -0.39 is 5.82 Å². The zero-order chi connectivity index (χ0) is 16.4. The molecule has 0 aliphatic carbocycles. The minimum Gasteiger partial charge on any atom is -0.380 e. The van der Waals surface area contributed by atoms with Crippen LogP contribution in [0.1, 0.15) is 23.2 Å². The number of amides is 1. The second kappa shape index (κ2) is 6.84. The predicted molar refractivity (Wildman–Crippen MR) is 89.3 cm³/mol. The summed E-state index contributed by atoms with van der Waals surface area (Å²) in [5.74, 6) is -0.780. The van der Waals surface area contributed by atoms with Gasteiger partial charge in [0.1, 0.15) is 5.82 Å². The molecule has 2 saturated heterocycles. The Labute approximate surface area is 136 Å². The van der Waals surface area contributed by atoms with E-state index in [9.17, 15) is 9.18 Å². The number of piperidine rings is 1. The van der Waals surface area contributed by atoms with Gasteiger partial charge in [-0.1, -0.05) is 0 Å². The molecule has 1 aromatic rings. The highest BCUT2D eigenvalue weighted by Crippen LogP contribution is 2.23. The van der Waals surface area contributed by atoms with Crippen LogP contribution in [0, 0.1) is 5.82 Å². The maximum atomic E-state index is 14.1. The Morgan fingerprint density at radius 1 is 1.30 bits per heavy atom. The van der Waals surface area contributed by atoms with Gasteiger partial charge >= 0.3 is 0 Å². The fourth-order valence-corrected chi connectivity index (χ4v) is 3.33. The number of hydrogen-bond donors (Lipinski definition) is 2. The molecule has 23 heavy (non-hydrogen) atoms. The van der Waals surface area contributed by atoms with Crippen molar-refractivity contribution in [1.29, 1.82) is 0 Å². The van der Waals surface area contributed by atoms with Crippen LogP contribution in [0.5, 0.6) is 0 Å². The van der Waals surface area contributed by atoms with Gasteiger partial charge in [0.15, 0.2) is 0 Å². The molecular weight excluding hydrogens is 295 g/mol. The van der Waals surface area contributed by atoms with Gasteiger partial charge in [-0.05, 0) is 44.1 Å². The van der Waals surface area contributed by atoms with E-state index in [1.165, 1.54) is 23.8 Å². The Kier molecular flexibility index (Phi) is 4.82. The molecule has 2 fully saturated rings. The second-order valence-corrected chi connectivity index (χ2v) is 6.67. The summed E-state index contributed by atoms with van der Waals surface area (Å²) >= 11 is 0. The summed E-state index contributed by atoms with van der Waals surface area (Å²) in [5.41, 5.74) is 0.859. The minimum atomic E-state index is -0.469. The lowest BCUT2D eigenvalue weighted by Gasteiger charge is -2.46. The first-order valence-corrected chi connectivity index (χ1v) is 8.27. The lowest BCUT2D eigenvalue weighted by atomic mass is 9.98. The molecule has 0 unspecified atom stereocenters. The Balaban J connectivity index is 1.53. The standard InChI is InChI=1S/C17H25FN4O/c1-21(2)17(23)15-4-3-12(9-16(15)18)20-13-10-22(11-13)14-5-7-19-8-6-14/h3-4,9,13-14,19-20H,5-8,10-11H2,1-2H3. The first-order chi connectivity index (χ1) is 11.0. The van der Waals surface area contributed by atoms with Crippen LogP contribution in [0.25, 0.3) is 0 Å². The number of hydrogen-bond acceptors (Lipinski definition) is 4. The van der Waals surface area contributed by atoms with Crippen molar-refractivity contribution < 1.29 is 9.18 Å². The largest absolute Gasteiger partial charge is 0.380 e. The summed E-state index contributed by atoms with van der Waals surface area (Å²) in [6, 6.07) is 5.81. The molecule has 126 valence electrons. The quantitative estimate of drug-likeness (QED) is 0.880. The Hall–Kier alpha value is -1.66. The zero-order valence-corrected chi connectivity index (χ0v) is 13.8. The average molecular weight is 320 g/mol. The second-order valence-electron chi connectivity index (χ2n) is 6.67. The highest BCUT2D eigenvalue weighted by atomic mass is 19.1. The van der Waals surface area contributed by atoms with Crippen LogP contribution in [-0.4, -0.2) is 68.1 Å². The van der Waals surface area contributed by atoms with Crippen LogP contribution in [0.4, 0.5) is 10.1 Å². The Morgan fingerprint density at radius 3 is 2.61 bits per heavy atom. The molecule has 2 heterocycles.